The van der Waals surface area contributed by atoms with E-state index in [1.807, 2.05) is 44.2 Å². The van der Waals surface area contributed by atoms with Crippen molar-refractivity contribution in [1.29, 1.82) is 0 Å². The lowest BCUT2D eigenvalue weighted by atomic mass is 9.97. The van der Waals surface area contributed by atoms with Gasteiger partial charge in [0.2, 0.25) is 0 Å². The molecule has 0 aliphatic heterocycles. The summed E-state index contributed by atoms with van der Waals surface area (Å²) in [6, 6.07) is 9.60. The molecule has 0 bridgehead atoms. The number of para-hydroxylation sites is 1. The van der Waals surface area contributed by atoms with Crippen molar-refractivity contribution in [2.24, 2.45) is 0 Å². The second kappa shape index (κ2) is 6.54. The Morgan fingerprint density at radius 1 is 1.29 bits per heavy atom. The van der Waals surface area contributed by atoms with Crippen LogP contribution in [0.1, 0.15) is 37.0 Å². The van der Waals surface area contributed by atoms with E-state index < -0.39 is 5.60 Å². The maximum Gasteiger partial charge on any atom is 0.254 e. The summed E-state index contributed by atoms with van der Waals surface area (Å²) in [4.78, 5) is 12.1. The fourth-order valence-electron chi connectivity index (χ4n) is 2.01. The van der Waals surface area contributed by atoms with Crippen molar-refractivity contribution >= 4 is 5.91 Å². The molecule has 1 heterocycles. The van der Waals surface area contributed by atoms with E-state index in [-0.39, 0.29) is 12.5 Å². The van der Waals surface area contributed by atoms with Gasteiger partial charge in [-0.05, 0) is 25.0 Å². The van der Waals surface area contributed by atoms with Crippen LogP contribution in [0.15, 0.2) is 42.7 Å². The highest BCUT2D eigenvalue weighted by Gasteiger charge is 2.23. The first-order chi connectivity index (χ1) is 10.1. The summed E-state index contributed by atoms with van der Waals surface area (Å²) in [7, 11) is 0. The molecule has 2 rings (SSSR count). The molecular weight excluding hydrogens is 266 g/mol. The Balaban J connectivity index is 2.03. The zero-order chi connectivity index (χ0) is 15.3. The molecule has 2 N–H and O–H groups in total. The van der Waals surface area contributed by atoms with Gasteiger partial charge in [-0.3, -0.25) is 4.79 Å². The summed E-state index contributed by atoms with van der Waals surface area (Å²) < 4.78 is 1.65. The molecule has 0 saturated carbocycles. The molecule has 0 aliphatic carbocycles. The predicted octanol–water partition coefficient (Wildman–Crippen LogP) is 2.15. The number of amides is 1. The summed E-state index contributed by atoms with van der Waals surface area (Å²) in [6.45, 7) is 4.06. The van der Waals surface area contributed by atoms with E-state index >= 15 is 0 Å². The molecule has 112 valence electrons. The van der Waals surface area contributed by atoms with Crippen molar-refractivity contribution in [1.82, 2.24) is 15.1 Å². The van der Waals surface area contributed by atoms with Gasteiger partial charge in [0.05, 0.1) is 23.0 Å². The highest BCUT2D eigenvalue weighted by atomic mass is 16.3. The van der Waals surface area contributed by atoms with Crippen LogP contribution in [0.5, 0.6) is 0 Å². The van der Waals surface area contributed by atoms with Gasteiger partial charge in [-0.25, -0.2) is 4.68 Å². The fourth-order valence-corrected chi connectivity index (χ4v) is 2.01. The monoisotopic (exact) mass is 287 g/mol. The minimum Gasteiger partial charge on any atom is -0.388 e. The van der Waals surface area contributed by atoms with Crippen LogP contribution in [0.2, 0.25) is 0 Å². The number of hydrogen-bond donors (Lipinski definition) is 2. The van der Waals surface area contributed by atoms with Crippen LogP contribution < -0.4 is 5.32 Å². The summed E-state index contributed by atoms with van der Waals surface area (Å²) in [6.07, 6.45) is 4.42. The molecule has 1 amide bonds. The number of rotatable bonds is 6. The topological polar surface area (TPSA) is 67.2 Å². The first-order valence-electron chi connectivity index (χ1n) is 7.18. The number of carbonyl (C=O) groups excluding carboxylic acids is 1. The number of aliphatic hydroxyl groups is 1. The van der Waals surface area contributed by atoms with Crippen LogP contribution in [0.4, 0.5) is 0 Å². The van der Waals surface area contributed by atoms with Crippen LogP contribution in [-0.2, 0) is 0 Å². The van der Waals surface area contributed by atoms with Gasteiger partial charge < -0.3 is 10.4 Å². The van der Waals surface area contributed by atoms with Crippen molar-refractivity contribution in [3.63, 3.8) is 0 Å². The standard InChI is InChI=1S/C16H21N3O2/c1-3-16(21,4-2)12-17-15(20)13-10-18-19(11-13)14-8-6-5-7-9-14/h5-11,21H,3-4,12H2,1-2H3,(H,17,20). The second-order valence-electron chi connectivity index (χ2n) is 5.12. The fraction of sp³-hybridized carbons (Fsp3) is 0.375. The Hall–Kier alpha value is -2.14. The third-order valence-corrected chi connectivity index (χ3v) is 3.76. The van der Waals surface area contributed by atoms with E-state index in [0.717, 1.165) is 5.69 Å². The average molecular weight is 287 g/mol. The van der Waals surface area contributed by atoms with Gasteiger partial charge in [0.15, 0.2) is 0 Å². The van der Waals surface area contributed by atoms with Crippen LogP contribution in [0.25, 0.3) is 5.69 Å². The third-order valence-electron chi connectivity index (χ3n) is 3.76. The molecule has 0 fully saturated rings. The van der Waals surface area contributed by atoms with Gasteiger partial charge in [0.25, 0.3) is 5.91 Å². The zero-order valence-electron chi connectivity index (χ0n) is 12.4. The lowest BCUT2D eigenvalue weighted by Gasteiger charge is -2.25. The van der Waals surface area contributed by atoms with Crippen LogP contribution >= 0.6 is 0 Å². The number of carbonyl (C=O) groups is 1. The number of nitrogens with zero attached hydrogens (tertiary/aromatic N) is 2. The van der Waals surface area contributed by atoms with Crippen LogP contribution in [0, 0.1) is 0 Å². The summed E-state index contributed by atoms with van der Waals surface area (Å²) in [5, 5.41) is 17.1. The van der Waals surface area contributed by atoms with Gasteiger partial charge in [0.1, 0.15) is 0 Å². The van der Waals surface area contributed by atoms with Crippen molar-refractivity contribution in [2.75, 3.05) is 6.54 Å². The molecule has 5 nitrogen and oxygen atoms in total. The SMILES string of the molecule is CCC(O)(CC)CNC(=O)c1cnn(-c2ccccc2)c1. The molecule has 0 radical (unpaired) electrons. The van der Waals surface area contributed by atoms with Gasteiger partial charge in [-0.2, -0.15) is 5.10 Å². The van der Waals surface area contributed by atoms with Gasteiger partial charge in [-0.1, -0.05) is 32.0 Å². The van der Waals surface area contributed by atoms with E-state index in [4.69, 9.17) is 0 Å². The van der Waals surface area contributed by atoms with Crippen molar-refractivity contribution in [3.8, 4) is 5.69 Å². The van der Waals surface area contributed by atoms with E-state index in [9.17, 15) is 9.90 Å². The molecule has 0 saturated heterocycles. The highest BCUT2D eigenvalue weighted by molar-refractivity contribution is 5.93. The van der Waals surface area contributed by atoms with Gasteiger partial charge in [0, 0.05) is 12.7 Å². The summed E-state index contributed by atoms with van der Waals surface area (Å²) in [5.41, 5.74) is 0.536. The smallest absolute Gasteiger partial charge is 0.254 e. The normalized spacial score (nSPS) is 11.4. The van der Waals surface area contributed by atoms with E-state index in [1.54, 1.807) is 10.9 Å². The Morgan fingerprint density at radius 2 is 1.95 bits per heavy atom. The average Bonchev–Trinajstić information content (AvgIpc) is 3.03. The summed E-state index contributed by atoms with van der Waals surface area (Å²) >= 11 is 0. The Morgan fingerprint density at radius 3 is 2.57 bits per heavy atom. The van der Waals surface area contributed by atoms with Gasteiger partial charge in [-0.15, -0.1) is 0 Å². The maximum atomic E-state index is 12.1. The van der Waals surface area contributed by atoms with Crippen molar-refractivity contribution < 1.29 is 9.90 Å². The lowest BCUT2D eigenvalue weighted by molar-refractivity contribution is 0.0314. The molecule has 0 atom stereocenters. The Labute approximate surface area is 124 Å². The molecule has 1 aromatic carbocycles. The minimum absolute atomic E-state index is 0.225. The number of nitrogens with one attached hydrogen (secondary N) is 1. The van der Waals surface area contributed by atoms with Crippen molar-refractivity contribution in [3.05, 3.63) is 48.3 Å². The Bertz CT molecular complexity index is 589. The van der Waals surface area contributed by atoms with E-state index in [2.05, 4.69) is 10.4 Å². The molecular formula is C16H21N3O2. The zero-order valence-corrected chi connectivity index (χ0v) is 12.4. The van der Waals surface area contributed by atoms with Crippen LogP contribution in [-0.4, -0.2) is 32.9 Å². The quantitative estimate of drug-likeness (QED) is 0.855. The third kappa shape index (κ3) is 3.70. The first-order valence-corrected chi connectivity index (χ1v) is 7.18. The molecule has 21 heavy (non-hydrogen) atoms. The lowest BCUT2D eigenvalue weighted by Crippen LogP contribution is -2.41. The molecule has 5 heteroatoms. The predicted molar refractivity (Wildman–Crippen MR) is 81.4 cm³/mol. The van der Waals surface area contributed by atoms with Crippen molar-refractivity contribution in [2.45, 2.75) is 32.3 Å². The highest BCUT2D eigenvalue weighted by Crippen LogP contribution is 2.13. The second-order valence-corrected chi connectivity index (χ2v) is 5.12. The molecule has 0 spiro atoms. The number of hydrogen-bond acceptors (Lipinski definition) is 3. The van der Waals surface area contributed by atoms with E-state index in [1.165, 1.54) is 6.20 Å². The Kier molecular flexibility index (Phi) is 4.75. The maximum absolute atomic E-state index is 12.1. The molecule has 1 aromatic heterocycles. The molecule has 0 unspecified atom stereocenters. The largest absolute Gasteiger partial charge is 0.388 e. The minimum atomic E-state index is -0.842. The first kappa shape index (κ1) is 15.3. The molecule has 2 aromatic rings. The van der Waals surface area contributed by atoms with E-state index in [0.29, 0.717) is 18.4 Å². The van der Waals surface area contributed by atoms with Gasteiger partial charge >= 0.3 is 0 Å². The number of benzene rings is 1. The molecule has 0 aliphatic rings. The number of aromatic nitrogens is 2. The summed E-state index contributed by atoms with van der Waals surface area (Å²) in [5.74, 6) is -0.225. The van der Waals surface area contributed by atoms with Crippen LogP contribution in [0.3, 0.4) is 0 Å².